The number of aromatic hydroxyl groups is 1. The molecule has 3 saturated heterocycles. The van der Waals surface area contributed by atoms with Gasteiger partial charge in [0.05, 0.1) is 41.0 Å². The van der Waals surface area contributed by atoms with Crippen LogP contribution in [0.15, 0.2) is 103 Å². The lowest BCUT2D eigenvalue weighted by Gasteiger charge is -2.50. The Morgan fingerprint density at radius 1 is 0.862 bits per heavy atom. The fourth-order valence-electron chi connectivity index (χ4n) is 10.6. The second-order valence-electron chi connectivity index (χ2n) is 16.3. The molecule has 4 aromatic carbocycles. The van der Waals surface area contributed by atoms with Crippen LogP contribution in [0.25, 0.3) is 0 Å². The lowest BCUT2D eigenvalue weighted by atomic mass is 9.49. The first kappa shape index (κ1) is 38.4. The first-order valence-electron chi connectivity index (χ1n) is 19.9. The molecule has 1 saturated carbocycles. The van der Waals surface area contributed by atoms with Crippen molar-refractivity contribution in [2.45, 2.75) is 56.5 Å². The van der Waals surface area contributed by atoms with E-state index in [-0.39, 0.29) is 35.0 Å². The number of methoxy groups -OCH3 is 1. The molecule has 5 aliphatic rings. The maximum atomic E-state index is 15.5. The van der Waals surface area contributed by atoms with Crippen LogP contribution in [-0.4, -0.2) is 69.8 Å². The molecule has 9 rings (SSSR count). The molecular formula is C46H44Cl2N4O6. The number of nitrogens with zero attached hydrogens (tertiary/aromatic N) is 3. The second kappa shape index (κ2) is 14.9. The molecule has 2 aliphatic carbocycles. The number of aryl methyl sites for hydroxylation is 1. The van der Waals surface area contributed by atoms with Gasteiger partial charge in [-0.05, 0) is 97.2 Å². The van der Waals surface area contributed by atoms with Gasteiger partial charge < -0.3 is 9.84 Å². The highest BCUT2D eigenvalue weighted by Crippen LogP contribution is 2.64. The minimum Gasteiger partial charge on any atom is -0.508 e. The van der Waals surface area contributed by atoms with Crippen molar-refractivity contribution in [2.24, 2.45) is 23.7 Å². The molecular weight excluding hydrogens is 775 g/mol. The Bertz CT molecular complexity index is 2350. The van der Waals surface area contributed by atoms with E-state index in [2.05, 4.69) is 28.5 Å². The van der Waals surface area contributed by atoms with E-state index < -0.39 is 46.8 Å². The molecule has 0 bridgehead atoms. The molecule has 0 spiro atoms. The summed E-state index contributed by atoms with van der Waals surface area (Å²) in [5, 5.41) is 12.4. The van der Waals surface area contributed by atoms with Gasteiger partial charge in [-0.25, -0.2) is 0 Å². The van der Waals surface area contributed by atoms with Crippen LogP contribution in [0.5, 0.6) is 11.5 Å². The van der Waals surface area contributed by atoms with Crippen LogP contribution in [0.4, 0.5) is 5.69 Å². The van der Waals surface area contributed by atoms with E-state index in [0.29, 0.717) is 46.8 Å². The van der Waals surface area contributed by atoms with E-state index in [1.54, 1.807) is 55.3 Å². The van der Waals surface area contributed by atoms with Gasteiger partial charge >= 0.3 is 0 Å². The summed E-state index contributed by atoms with van der Waals surface area (Å²) in [4.78, 5) is 63.7. The Kier molecular flexibility index (Phi) is 9.85. The number of hydrazine groups is 1. The molecule has 12 heteroatoms. The predicted octanol–water partition coefficient (Wildman–Crippen LogP) is 7.67. The van der Waals surface area contributed by atoms with E-state index >= 15 is 9.59 Å². The van der Waals surface area contributed by atoms with Crippen molar-refractivity contribution >= 4 is 52.5 Å². The summed E-state index contributed by atoms with van der Waals surface area (Å²) >= 11 is 12.8. The lowest BCUT2D eigenvalue weighted by molar-refractivity contribution is -0.144. The van der Waals surface area contributed by atoms with Crippen molar-refractivity contribution < 1.29 is 29.0 Å². The smallest absolute Gasteiger partial charge is 0.260 e. The molecule has 0 radical (unpaired) electrons. The van der Waals surface area contributed by atoms with Gasteiger partial charge in [-0.1, -0.05) is 89.4 Å². The number of phenols is 1. The first-order chi connectivity index (χ1) is 28.0. The van der Waals surface area contributed by atoms with Crippen LogP contribution >= 0.6 is 23.2 Å². The highest BCUT2D eigenvalue weighted by molar-refractivity contribution is 6.36. The van der Waals surface area contributed by atoms with Gasteiger partial charge in [-0.3, -0.25) is 34.4 Å². The van der Waals surface area contributed by atoms with Crippen molar-refractivity contribution in [3.63, 3.8) is 0 Å². The van der Waals surface area contributed by atoms with E-state index in [1.165, 1.54) is 11.6 Å². The van der Waals surface area contributed by atoms with E-state index in [9.17, 15) is 14.7 Å². The largest absolute Gasteiger partial charge is 0.508 e. The normalized spacial score (nSPS) is 27.3. The number of likely N-dealkylation sites (tertiary alicyclic amines) is 2. The summed E-state index contributed by atoms with van der Waals surface area (Å²) < 4.78 is 5.51. The molecule has 6 atom stereocenters. The third-order valence-electron chi connectivity index (χ3n) is 13.3. The number of amides is 4. The summed E-state index contributed by atoms with van der Waals surface area (Å²) in [6, 6.07) is 27.3. The first-order valence-corrected chi connectivity index (χ1v) is 20.6. The van der Waals surface area contributed by atoms with Crippen LogP contribution in [-0.2, 0) is 31.1 Å². The van der Waals surface area contributed by atoms with Gasteiger partial charge in [0.2, 0.25) is 11.8 Å². The van der Waals surface area contributed by atoms with Crippen molar-refractivity contribution in [3.8, 4) is 11.5 Å². The Hall–Kier alpha value is -5.16. The number of ether oxygens (including phenoxy) is 1. The third-order valence-corrected chi connectivity index (χ3v) is 13.9. The Balaban J connectivity index is 1.12. The second-order valence-corrected chi connectivity index (χ2v) is 17.1. The van der Waals surface area contributed by atoms with E-state index in [0.717, 1.165) is 35.8 Å². The summed E-state index contributed by atoms with van der Waals surface area (Å²) in [6.45, 7) is 4.14. The average Bonchev–Trinajstić information content (AvgIpc) is 3.61. The Labute approximate surface area is 347 Å². The van der Waals surface area contributed by atoms with Gasteiger partial charge in [0.25, 0.3) is 11.8 Å². The molecule has 3 aliphatic heterocycles. The van der Waals surface area contributed by atoms with Crippen LogP contribution in [0.1, 0.15) is 53.9 Å². The standard InChI is InChI=1S/C46H44Cl2N4O6/c1-26-22-28(8-17-39(26)53)41-33-14-15-34-40(44(56)51(42(34)54)31-18-20-50(21-19-31)25-27-6-4-3-5-7-27)35(33)24-36-43(55)52(49-38-16-11-30(47)23-37(38)48)45(57)46(36,41)29-9-12-32(58-2)13-10-29/h3-14,16-17,22-23,31,34-36,40-41,49,53H,15,18-21,24-25H2,1-2H3/t34-,35+,36-,40-,41-,46+/m0/s1. The number of fused-ring (bicyclic) bond motifs is 4. The van der Waals surface area contributed by atoms with Crippen LogP contribution < -0.4 is 10.2 Å². The minimum absolute atomic E-state index is 0.0976. The van der Waals surface area contributed by atoms with Crippen LogP contribution in [0, 0.1) is 30.6 Å². The number of halogens is 2. The van der Waals surface area contributed by atoms with Crippen LogP contribution in [0.3, 0.4) is 0 Å². The Morgan fingerprint density at radius 3 is 2.29 bits per heavy atom. The molecule has 0 unspecified atom stereocenters. The van der Waals surface area contributed by atoms with Crippen molar-refractivity contribution in [1.82, 2.24) is 14.8 Å². The number of anilines is 1. The molecule has 298 valence electrons. The van der Waals surface area contributed by atoms with Crippen molar-refractivity contribution in [3.05, 3.63) is 135 Å². The molecule has 4 aromatic rings. The van der Waals surface area contributed by atoms with Gasteiger partial charge in [0.15, 0.2) is 0 Å². The fourth-order valence-corrected chi connectivity index (χ4v) is 11.1. The number of piperidine rings is 1. The number of carbonyl (C=O) groups excluding carboxylic acids is 4. The molecule has 58 heavy (non-hydrogen) atoms. The highest BCUT2D eigenvalue weighted by Gasteiger charge is 2.70. The molecule has 2 N–H and O–H groups in total. The number of hydrogen-bond acceptors (Lipinski definition) is 8. The summed E-state index contributed by atoms with van der Waals surface area (Å²) in [5.74, 6) is -4.00. The number of nitrogens with one attached hydrogen (secondary N) is 1. The number of allylic oxidation sites excluding steroid dienone is 2. The van der Waals surface area contributed by atoms with Gasteiger partial charge in [-0.15, -0.1) is 0 Å². The maximum Gasteiger partial charge on any atom is 0.260 e. The van der Waals surface area contributed by atoms with Gasteiger partial charge in [-0.2, -0.15) is 5.01 Å². The monoisotopic (exact) mass is 818 g/mol. The molecule has 10 nitrogen and oxygen atoms in total. The summed E-state index contributed by atoms with van der Waals surface area (Å²) in [6.07, 6.45) is 3.95. The van der Waals surface area contributed by atoms with Gasteiger partial charge in [0.1, 0.15) is 11.5 Å². The number of hydrogen-bond donors (Lipinski definition) is 2. The number of carbonyl (C=O) groups is 4. The number of rotatable bonds is 8. The van der Waals surface area contributed by atoms with E-state index in [4.69, 9.17) is 27.9 Å². The quantitative estimate of drug-likeness (QED) is 0.138. The number of imide groups is 2. The van der Waals surface area contributed by atoms with E-state index in [1.807, 2.05) is 36.4 Å². The molecule has 3 heterocycles. The summed E-state index contributed by atoms with van der Waals surface area (Å²) in [7, 11) is 1.57. The van der Waals surface area contributed by atoms with Gasteiger partial charge in [0, 0.05) is 36.6 Å². The highest BCUT2D eigenvalue weighted by atomic mass is 35.5. The minimum atomic E-state index is -1.48. The zero-order valence-corrected chi connectivity index (χ0v) is 33.7. The fraction of sp³-hybridized carbons (Fsp3) is 0.348. The van der Waals surface area contributed by atoms with Crippen molar-refractivity contribution in [1.29, 1.82) is 0 Å². The SMILES string of the molecule is COc1ccc([C@@]23C(=O)N(Nc4ccc(Cl)cc4Cl)C(=O)[C@@H]2C[C@@H]2C(=CC[C@@H]4C(=O)N(C5CCN(Cc6ccccc6)CC5)C(=O)[C@@H]42)[C@@H]3c2ccc(O)c(C)c2)cc1. The zero-order valence-electron chi connectivity index (χ0n) is 32.2. The maximum absolute atomic E-state index is 15.5. The topological polar surface area (TPSA) is 119 Å². The lowest BCUT2D eigenvalue weighted by Crippen LogP contribution is -2.53. The molecule has 4 fully saturated rings. The zero-order chi connectivity index (χ0) is 40.5. The average molecular weight is 820 g/mol. The molecule has 0 aromatic heterocycles. The van der Waals surface area contributed by atoms with Crippen LogP contribution in [0.2, 0.25) is 10.0 Å². The predicted molar refractivity (Wildman–Crippen MR) is 220 cm³/mol. The third kappa shape index (κ3) is 6.10. The molecule has 4 amide bonds. The Morgan fingerprint density at radius 2 is 1.60 bits per heavy atom. The summed E-state index contributed by atoms with van der Waals surface area (Å²) in [5.41, 5.74) is 5.90. The van der Waals surface area contributed by atoms with Crippen molar-refractivity contribution in [2.75, 3.05) is 25.6 Å². The number of benzene rings is 4. The number of phenolic OH excluding ortho intramolecular Hbond substituents is 1.